The highest BCUT2D eigenvalue weighted by atomic mass is 16.6. The normalized spacial score (nSPS) is 12.5. The average molecular weight is 297 g/mol. The molecule has 1 aliphatic heterocycles. The van der Waals surface area contributed by atoms with Crippen LogP contribution < -0.4 is 10.6 Å². The van der Waals surface area contributed by atoms with Gasteiger partial charge in [0.15, 0.2) is 0 Å². The number of nitrogens with zero attached hydrogens (tertiary/aromatic N) is 1. The fraction of sp³-hybridized carbons (Fsp3) is 0.0667. The van der Waals surface area contributed by atoms with Gasteiger partial charge in [0.05, 0.1) is 11.3 Å². The van der Waals surface area contributed by atoms with E-state index < -0.39 is 4.92 Å². The Morgan fingerprint density at radius 3 is 2.82 bits per heavy atom. The molecule has 0 unspecified atom stereocenters. The summed E-state index contributed by atoms with van der Waals surface area (Å²) in [5.41, 5.74) is 2.10. The van der Waals surface area contributed by atoms with Gasteiger partial charge in [-0.05, 0) is 29.8 Å². The number of fused-ring (bicyclic) bond motifs is 1. The van der Waals surface area contributed by atoms with Crippen molar-refractivity contribution in [3.63, 3.8) is 0 Å². The molecule has 22 heavy (non-hydrogen) atoms. The van der Waals surface area contributed by atoms with Gasteiger partial charge >= 0.3 is 0 Å². The number of non-ortho nitro benzene ring substituents is 1. The van der Waals surface area contributed by atoms with Crippen molar-refractivity contribution >= 4 is 28.9 Å². The summed E-state index contributed by atoms with van der Waals surface area (Å²) in [5.74, 6) is -0.492. The Morgan fingerprint density at radius 1 is 1.23 bits per heavy atom. The second-order valence-electron chi connectivity index (χ2n) is 4.86. The molecule has 2 aromatic carbocycles. The summed E-state index contributed by atoms with van der Waals surface area (Å²) < 4.78 is 0. The van der Waals surface area contributed by atoms with Gasteiger partial charge in [0, 0.05) is 29.1 Å². The third-order valence-corrected chi connectivity index (χ3v) is 3.31. The number of rotatable bonds is 3. The maximum absolute atomic E-state index is 12.2. The number of hydrogen-bond acceptors (Lipinski definition) is 4. The molecule has 110 valence electrons. The summed E-state index contributed by atoms with van der Waals surface area (Å²) in [6.07, 6.45) is 0.243. The molecule has 2 amide bonds. The van der Waals surface area contributed by atoms with Crippen LogP contribution in [0.4, 0.5) is 17.1 Å². The van der Waals surface area contributed by atoms with Crippen LogP contribution in [0.3, 0.4) is 0 Å². The molecule has 0 aromatic heterocycles. The number of amides is 2. The molecular formula is C15H11N3O4. The van der Waals surface area contributed by atoms with Crippen molar-refractivity contribution in [1.82, 2.24) is 0 Å². The van der Waals surface area contributed by atoms with Crippen LogP contribution >= 0.6 is 0 Å². The Bertz CT molecular complexity index is 801. The lowest BCUT2D eigenvalue weighted by atomic mass is 10.1. The summed E-state index contributed by atoms with van der Waals surface area (Å²) in [5, 5.41) is 16.0. The maximum atomic E-state index is 12.2. The van der Waals surface area contributed by atoms with Crippen molar-refractivity contribution in [3.05, 3.63) is 63.7 Å². The van der Waals surface area contributed by atoms with E-state index in [-0.39, 0.29) is 23.9 Å². The van der Waals surface area contributed by atoms with Crippen LogP contribution in [0, 0.1) is 10.1 Å². The molecule has 0 radical (unpaired) electrons. The average Bonchev–Trinajstić information content (AvgIpc) is 2.86. The molecule has 0 saturated heterocycles. The van der Waals surface area contributed by atoms with E-state index in [1.54, 1.807) is 24.3 Å². The molecule has 2 N–H and O–H groups in total. The van der Waals surface area contributed by atoms with Crippen molar-refractivity contribution in [2.24, 2.45) is 0 Å². The maximum Gasteiger partial charge on any atom is 0.271 e. The van der Waals surface area contributed by atoms with Gasteiger partial charge in [0.25, 0.3) is 11.6 Å². The minimum absolute atomic E-state index is 0.0958. The lowest BCUT2D eigenvalue weighted by Gasteiger charge is -2.06. The van der Waals surface area contributed by atoms with Crippen molar-refractivity contribution in [2.75, 3.05) is 10.6 Å². The summed E-state index contributed by atoms with van der Waals surface area (Å²) >= 11 is 0. The fourth-order valence-electron chi connectivity index (χ4n) is 2.27. The Balaban J connectivity index is 1.81. The number of carbonyl (C=O) groups is 2. The zero-order chi connectivity index (χ0) is 15.7. The van der Waals surface area contributed by atoms with Crippen LogP contribution in [0.2, 0.25) is 0 Å². The third kappa shape index (κ3) is 2.64. The van der Waals surface area contributed by atoms with E-state index in [0.717, 1.165) is 5.56 Å². The number of carbonyl (C=O) groups excluding carboxylic acids is 2. The summed E-state index contributed by atoms with van der Waals surface area (Å²) in [4.78, 5) is 33.7. The number of nitro groups is 1. The molecule has 0 aliphatic carbocycles. The highest BCUT2D eigenvalue weighted by molar-refractivity contribution is 6.06. The number of nitrogens with one attached hydrogen (secondary N) is 2. The van der Waals surface area contributed by atoms with E-state index in [2.05, 4.69) is 10.6 Å². The van der Waals surface area contributed by atoms with E-state index in [1.165, 1.54) is 18.2 Å². The molecule has 0 fully saturated rings. The van der Waals surface area contributed by atoms with Crippen molar-refractivity contribution in [1.29, 1.82) is 0 Å². The number of benzene rings is 2. The largest absolute Gasteiger partial charge is 0.326 e. The Kier molecular flexibility index (Phi) is 3.30. The van der Waals surface area contributed by atoms with Gasteiger partial charge < -0.3 is 10.6 Å². The molecule has 0 spiro atoms. The van der Waals surface area contributed by atoms with Gasteiger partial charge in [0.1, 0.15) is 0 Å². The first-order valence-corrected chi connectivity index (χ1v) is 6.51. The quantitative estimate of drug-likeness (QED) is 0.670. The first kappa shape index (κ1) is 13.7. The molecule has 1 aliphatic rings. The molecule has 0 bridgehead atoms. The van der Waals surface area contributed by atoms with Gasteiger partial charge in [-0.25, -0.2) is 0 Å². The van der Waals surface area contributed by atoms with Crippen LogP contribution in [-0.4, -0.2) is 16.7 Å². The fourth-order valence-corrected chi connectivity index (χ4v) is 2.27. The molecule has 0 saturated carbocycles. The lowest BCUT2D eigenvalue weighted by molar-refractivity contribution is -0.384. The Labute approximate surface area is 125 Å². The lowest BCUT2D eigenvalue weighted by Crippen LogP contribution is -2.12. The van der Waals surface area contributed by atoms with Crippen LogP contribution in [-0.2, 0) is 11.2 Å². The predicted octanol–water partition coefficient (Wildman–Crippen LogP) is 2.34. The number of nitro benzene ring substituents is 1. The van der Waals surface area contributed by atoms with E-state index >= 15 is 0 Å². The molecule has 2 aromatic rings. The highest BCUT2D eigenvalue weighted by Gasteiger charge is 2.19. The monoisotopic (exact) mass is 297 g/mol. The first-order valence-electron chi connectivity index (χ1n) is 6.51. The smallest absolute Gasteiger partial charge is 0.271 e. The molecule has 3 rings (SSSR count). The van der Waals surface area contributed by atoms with E-state index in [0.29, 0.717) is 16.9 Å². The van der Waals surface area contributed by atoms with Gasteiger partial charge in [0.2, 0.25) is 5.91 Å². The van der Waals surface area contributed by atoms with Crippen LogP contribution in [0.25, 0.3) is 0 Å². The zero-order valence-electron chi connectivity index (χ0n) is 11.3. The van der Waals surface area contributed by atoms with E-state index in [9.17, 15) is 19.7 Å². The highest BCUT2D eigenvalue weighted by Crippen LogP contribution is 2.24. The summed E-state index contributed by atoms with van der Waals surface area (Å²) in [7, 11) is 0. The van der Waals surface area contributed by atoms with Crippen LogP contribution in [0.1, 0.15) is 15.9 Å². The van der Waals surface area contributed by atoms with Crippen molar-refractivity contribution < 1.29 is 14.5 Å². The van der Waals surface area contributed by atoms with Crippen LogP contribution in [0.5, 0.6) is 0 Å². The summed E-state index contributed by atoms with van der Waals surface area (Å²) in [6.45, 7) is 0. The predicted molar refractivity (Wildman–Crippen MR) is 79.8 cm³/mol. The van der Waals surface area contributed by atoms with E-state index in [1.807, 2.05) is 0 Å². The topological polar surface area (TPSA) is 101 Å². The third-order valence-electron chi connectivity index (χ3n) is 3.31. The van der Waals surface area contributed by atoms with Gasteiger partial charge in [-0.1, -0.05) is 6.07 Å². The second-order valence-corrected chi connectivity index (χ2v) is 4.86. The number of hydrogen-bond donors (Lipinski definition) is 2. The molecular weight excluding hydrogens is 286 g/mol. The molecule has 7 nitrogen and oxygen atoms in total. The minimum atomic E-state index is -0.525. The Hall–Kier alpha value is -3.22. The van der Waals surface area contributed by atoms with Gasteiger partial charge in [-0.3, -0.25) is 19.7 Å². The molecule has 7 heteroatoms. The van der Waals surface area contributed by atoms with Gasteiger partial charge in [-0.15, -0.1) is 0 Å². The standard InChI is InChI=1S/C15H11N3O4/c19-14-7-10-6-9(4-5-13(10)17-14)15(20)16-11-2-1-3-12(8-11)18(21)22/h1-6,8H,7H2,(H,16,20)(H,17,19). The minimum Gasteiger partial charge on any atom is -0.326 e. The molecule has 0 atom stereocenters. The van der Waals surface area contributed by atoms with Crippen molar-refractivity contribution in [2.45, 2.75) is 6.42 Å². The first-order chi connectivity index (χ1) is 10.5. The zero-order valence-corrected chi connectivity index (χ0v) is 11.3. The SMILES string of the molecule is O=C1Cc2cc(C(=O)Nc3cccc([N+](=O)[O-])c3)ccc2N1. The molecule has 1 heterocycles. The summed E-state index contributed by atoms with van der Waals surface area (Å²) in [6, 6.07) is 10.6. The van der Waals surface area contributed by atoms with Gasteiger partial charge in [-0.2, -0.15) is 0 Å². The van der Waals surface area contributed by atoms with Crippen LogP contribution in [0.15, 0.2) is 42.5 Å². The van der Waals surface area contributed by atoms with Crippen molar-refractivity contribution in [3.8, 4) is 0 Å². The second kappa shape index (κ2) is 5.28. The number of anilines is 2. The van der Waals surface area contributed by atoms with E-state index in [4.69, 9.17) is 0 Å². The Morgan fingerprint density at radius 2 is 2.05 bits per heavy atom.